The highest BCUT2D eigenvalue weighted by Gasteiger charge is 2.18. The van der Waals surface area contributed by atoms with Crippen molar-refractivity contribution in [2.24, 2.45) is 0 Å². The molecule has 7 nitrogen and oxygen atoms in total. The fourth-order valence-corrected chi connectivity index (χ4v) is 3.91. The quantitative estimate of drug-likeness (QED) is 0.451. The van der Waals surface area contributed by atoms with Crippen LogP contribution in [0.2, 0.25) is 5.02 Å². The van der Waals surface area contributed by atoms with E-state index in [0.29, 0.717) is 23.5 Å². The SMILES string of the molecule is Cc1nn(Cc2ccccc2Cl)c(C)c1CN(C)C(=O)Cn1ncc2ccccc2c1=O. The van der Waals surface area contributed by atoms with Crippen molar-refractivity contribution >= 4 is 28.3 Å². The Balaban J connectivity index is 1.50. The zero-order valence-corrected chi connectivity index (χ0v) is 19.0. The van der Waals surface area contributed by atoms with Crippen LogP contribution in [0.5, 0.6) is 0 Å². The van der Waals surface area contributed by atoms with E-state index in [1.807, 2.05) is 54.9 Å². The first-order chi connectivity index (χ1) is 15.3. The summed E-state index contributed by atoms with van der Waals surface area (Å²) in [7, 11) is 1.72. The van der Waals surface area contributed by atoms with Crippen LogP contribution in [0.3, 0.4) is 0 Å². The van der Waals surface area contributed by atoms with Gasteiger partial charge in [0.05, 0.1) is 23.8 Å². The summed E-state index contributed by atoms with van der Waals surface area (Å²) in [4.78, 5) is 27.1. The number of rotatable bonds is 6. The third kappa shape index (κ3) is 4.29. The number of carbonyl (C=O) groups excluding carboxylic acids is 1. The molecule has 0 saturated heterocycles. The average molecular weight is 450 g/mol. The predicted molar refractivity (Wildman–Crippen MR) is 125 cm³/mol. The van der Waals surface area contributed by atoms with Gasteiger partial charge in [0.25, 0.3) is 5.56 Å². The number of benzene rings is 2. The Bertz CT molecular complexity index is 1360. The molecule has 8 heteroatoms. The lowest BCUT2D eigenvalue weighted by Gasteiger charge is -2.18. The maximum absolute atomic E-state index is 12.9. The molecule has 2 heterocycles. The number of aromatic nitrogens is 4. The summed E-state index contributed by atoms with van der Waals surface area (Å²) in [5.74, 6) is -0.201. The van der Waals surface area contributed by atoms with Crippen LogP contribution >= 0.6 is 11.6 Å². The van der Waals surface area contributed by atoms with Crippen LogP contribution in [0.4, 0.5) is 0 Å². The van der Waals surface area contributed by atoms with Gasteiger partial charge in [-0.25, -0.2) is 4.68 Å². The summed E-state index contributed by atoms with van der Waals surface area (Å²) in [5, 5.41) is 10.8. The van der Waals surface area contributed by atoms with Crippen molar-refractivity contribution in [2.45, 2.75) is 33.5 Å². The highest BCUT2D eigenvalue weighted by Crippen LogP contribution is 2.20. The molecule has 0 aliphatic heterocycles. The first-order valence-electron chi connectivity index (χ1n) is 10.3. The van der Waals surface area contributed by atoms with Crippen LogP contribution in [-0.2, 0) is 24.4 Å². The normalized spacial score (nSPS) is 11.1. The number of nitrogens with zero attached hydrogens (tertiary/aromatic N) is 5. The number of hydrogen-bond acceptors (Lipinski definition) is 4. The van der Waals surface area contributed by atoms with Gasteiger partial charge in [-0.05, 0) is 31.5 Å². The predicted octanol–water partition coefficient (Wildman–Crippen LogP) is 3.57. The highest BCUT2D eigenvalue weighted by molar-refractivity contribution is 6.31. The number of halogens is 1. The van der Waals surface area contributed by atoms with E-state index in [2.05, 4.69) is 10.2 Å². The van der Waals surface area contributed by atoms with E-state index < -0.39 is 0 Å². The van der Waals surface area contributed by atoms with E-state index in [4.69, 9.17) is 11.6 Å². The standard InChI is InChI=1S/C24H24ClN5O2/c1-16-21(17(2)29(27-16)13-19-9-5-7-11-22(19)25)14-28(3)23(31)15-30-24(32)20-10-6-4-8-18(20)12-26-30/h4-12H,13-15H2,1-3H3. The molecule has 164 valence electrons. The Kier molecular flexibility index (Phi) is 6.10. The maximum Gasteiger partial charge on any atom is 0.275 e. The molecule has 0 fully saturated rings. The lowest BCUT2D eigenvalue weighted by molar-refractivity contribution is -0.131. The first-order valence-corrected chi connectivity index (χ1v) is 10.7. The monoisotopic (exact) mass is 449 g/mol. The van der Waals surface area contributed by atoms with Crippen molar-refractivity contribution in [3.63, 3.8) is 0 Å². The number of carbonyl (C=O) groups is 1. The molecule has 0 unspecified atom stereocenters. The summed E-state index contributed by atoms with van der Waals surface area (Å²) in [5.41, 5.74) is 3.52. The van der Waals surface area contributed by atoms with Crippen LogP contribution in [0, 0.1) is 13.8 Å². The lowest BCUT2D eigenvalue weighted by atomic mass is 10.1. The van der Waals surface area contributed by atoms with Crippen LogP contribution in [0.1, 0.15) is 22.5 Å². The second-order valence-corrected chi connectivity index (χ2v) is 8.25. The smallest absolute Gasteiger partial charge is 0.275 e. The highest BCUT2D eigenvalue weighted by atomic mass is 35.5. The van der Waals surface area contributed by atoms with E-state index in [-0.39, 0.29) is 18.0 Å². The third-order valence-electron chi connectivity index (χ3n) is 5.68. The van der Waals surface area contributed by atoms with E-state index in [1.54, 1.807) is 30.3 Å². The van der Waals surface area contributed by atoms with E-state index in [0.717, 1.165) is 27.9 Å². The van der Waals surface area contributed by atoms with Crippen LogP contribution < -0.4 is 5.56 Å². The Labute approximate surface area is 190 Å². The fourth-order valence-electron chi connectivity index (χ4n) is 3.72. The number of fused-ring (bicyclic) bond motifs is 1. The number of amides is 1. The van der Waals surface area contributed by atoms with Gasteiger partial charge < -0.3 is 4.90 Å². The average Bonchev–Trinajstić information content (AvgIpc) is 3.04. The van der Waals surface area contributed by atoms with Crippen molar-refractivity contribution in [3.8, 4) is 0 Å². The van der Waals surface area contributed by atoms with Crippen molar-refractivity contribution in [1.29, 1.82) is 0 Å². The van der Waals surface area contributed by atoms with Gasteiger partial charge in [0.15, 0.2) is 0 Å². The van der Waals surface area contributed by atoms with Gasteiger partial charge >= 0.3 is 0 Å². The van der Waals surface area contributed by atoms with Gasteiger partial charge in [0.1, 0.15) is 6.54 Å². The van der Waals surface area contributed by atoms with Crippen LogP contribution in [-0.4, -0.2) is 37.4 Å². The molecule has 0 saturated carbocycles. The summed E-state index contributed by atoms with van der Waals surface area (Å²) in [6.45, 7) is 4.74. The first kappa shape index (κ1) is 21.8. The number of aryl methyl sites for hydroxylation is 1. The number of likely N-dealkylation sites (N-methyl/N-ethyl adjacent to an activating group) is 1. The van der Waals surface area contributed by atoms with E-state index >= 15 is 0 Å². The minimum atomic E-state index is -0.273. The molecule has 0 radical (unpaired) electrons. The third-order valence-corrected chi connectivity index (χ3v) is 6.05. The molecule has 32 heavy (non-hydrogen) atoms. The van der Waals surface area contributed by atoms with Crippen LogP contribution in [0.25, 0.3) is 10.8 Å². The fraction of sp³-hybridized carbons (Fsp3) is 0.250. The van der Waals surface area contributed by atoms with Gasteiger partial charge in [-0.3, -0.25) is 14.3 Å². The van der Waals surface area contributed by atoms with Gasteiger partial charge in [-0.1, -0.05) is 48.0 Å². The van der Waals surface area contributed by atoms with Crippen LogP contribution in [0.15, 0.2) is 59.5 Å². The van der Waals surface area contributed by atoms with E-state index in [9.17, 15) is 9.59 Å². The zero-order chi connectivity index (χ0) is 22.8. The Hall–Kier alpha value is -3.45. The summed E-state index contributed by atoms with van der Waals surface area (Å²) in [6, 6.07) is 14.9. The number of hydrogen-bond donors (Lipinski definition) is 0. The zero-order valence-electron chi connectivity index (χ0n) is 18.2. The molecule has 2 aromatic heterocycles. The molecule has 0 aliphatic rings. The molecule has 0 bridgehead atoms. The second kappa shape index (κ2) is 8.96. The maximum atomic E-state index is 12.9. The Morgan fingerprint density at radius 3 is 2.56 bits per heavy atom. The molecule has 0 aliphatic carbocycles. The van der Waals surface area contributed by atoms with Crippen molar-refractivity contribution < 1.29 is 4.79 Å². The van der Waals surface area contributed by atoms with Crippen molar-refractivity contribution in [3.05, 3.63) is 92.6 Å². The molecular formula is C24H24ClN5O2. The molecule has 0 atom stereocenters. The molecule has 2 aromatic carbocycles. The molecule has 4 aromatic rings. The second-order valence-electron chi connectivity index (χ2n) is 7.84. The lowest BCUT2D eigenvalue weighted by Crippen LogP contribution is -2.35. The van der Waals surface area contributed by atoms with Gasteiger partial charge in [-0.2, -0.15) is 10.2 Å². The molecular weight excluding hydrogens is 426 g/mol. The Morgan fingerprint density at radius 1 is 1.06 bits per heavy atom. The minimum Gasteiger partial charge on any atom is -0.340 e. The van der Waals surface area contributed by atoms with Gasteiger partial charge in [-0.15, -0.1) is 0 Å². The van der Waals surface area contributed by atoms with Crippen molar-refractivity contribution in [1.82, 2.24) is 24.5 Å². The van der Waals surface area contributed by atoms with E-state index in [1.165, 1.54) is 4.68 Å². The molecule has 0 N–H and O–H groups in total. The van der Waals surface area contributed by atoms with Gasteiger partial charge in [0, 0.05) is 35.3 Å². The van der Waals surface area contributed by atoms with Crippen molar-refractivity contribution in [2.75, 3.05) is 7.05 Å². The molecule has 1 amide bonds. The molecule has 0 spiro atoms. The summed E-state index contributed by atoms with van der Waals surface area (Å²) < 4.78 is 3.11. The Morgan fingerprint density at radius 2 is 1.78 bits per heavy atom. The minimum absolute atomic E-state index is 0.119. The largest absolute Gasteiger partial charge is 0.340 e. The summed E-state index contributed by atoms with van der Waals surface area (Å²) >= 11 is 6.30. The molecule has 4 rings (SSSR count). The topological polar surface area (TPSA) is 73.0 Å². The summed E-state index contributed by atoms with van der Waals surface area (Å²) in [6.07, 6.45) is 1.61. The van der Waals surface area contributed by atoms with Gasteiger partial charge in [0.2, 0.25) is 5.91 Å².